The Bertz CT molecular complexity index is 568. The highest BCUT2D eigenvalue weighted by Crippen LogP contribution is 2.21. The third-order valence-corrected chi connectivity index (χ3v) is 4.44. The van der Waals surface area contributed by atoms with Gasteiger partial charge in [-0.25, -0.2) is 4.79 Å². The minimum Gasteiger partial charge on any atom is -0.449 e. The highest BCUT2D eigenvalue weighted by atomic mass is 16.6. The number of amides is 2. The molecule has 0 aromatic carbocycles. The second-order valence-corrected chi connectivity index (χ2v) is 6.29. The van der Waals surface area contributed by atoms with Crippen LogP contribution in [0.5, 0.6) is 0 Å². The van der Waals surface area contributed by atoms with Crippen molar-refractivity contribution in [3.8, 4) is 0 Å². The summed E-state index contributed by atoms with van der Waals surface area (Å²) in [6.07, 6.45) is 4.70. The highest BCUT2D eigenvalue weighted by molar-refractivity contribution is 5.75. The Kier molecular flexibility index (Phi) is 5.68. The molecule has 2 aliphatic rings. The van der Waals surface area contributed by atoms with Gasteiger partial charge in [0.25, 0.3) is 0 Å². The van der Waals surface area contributed by atoms with Crippen molar-refractivity contribution in [3.63, 3.8) is 0 Å². The number of cyclic esters (lactones) is 1. The molecule has 3 heterocycles. The number of ether oxygens (including phenoxy) is 1. The third-order valence-electron chi connectivity index (χ3n) is 4.44. The van der Waals surface area contributed by atoms with E-state index < -0.39 is 0 Å². The maximum atomic E-state index is 12.0. The SMILES string of the molecule is O=C(Cn1ccc([C@H]2CCCNC2)n1)NCCN1CCCOC1=O. The van der Waals surface area contributed by atoms with Crippen LogP contribution in [0.25, 0.3) is 0 Å². The van der Waals surface area contributed by atoms with Crippen LogP contribution in [0.2, 0.25) is 0 Å². The summed E-state index contributed by atoms with van der Waals surface area (Å²) in [6, 6.07) is 1.99. The van der Waals surface area contributed by atoms with Gasteiger partial charge in [-0.1, -0.05) is 0 Å². The van der Waals surface area contributed by atoms with Crippen LogP contribution in [0.15, 0.2) is 12.3 Å². The largest absolute Gasteiger partial charge is 0.449 e. The average Bonchev–Trinajstić information content (AvgIpc) is 3.06. The van der Waals surface area contributed by atoms with Crippen molar-refractivity contribution < 1.29 is 14.3 Å². The number of carbonyl (C=O) groups excluding carboxylic acids is 2. The van der Waals surface area contributed by atoms with Gasteiger partial charge in [0.15, 0.2) is 0 Å². The summed E-state index contributed by atoms with van der Waals surface area (Å²) in [5, 5.41) is 10.7. The van der Waals surface area contributed by atoms with Crippen molar-refractivity contribution in [3.05, 3.63) is 18.0 Å². The van der Waals surface area contributed by atoms with Crippen LogP contribution in [0, 0.1) is 0 Å². The topological polar surface area (TPSA) is 88.5 Å². The normalized spacial score (nSPS) is 21.4. The second kappa shape index (κ2) is 8.14. The zero-order valence-electron chi connectivity index (χ0n) is 13.9. The Hall–Kier alpha value is -2.09. The molecule has 132 valence electrons. The lowest BCUT2D eigenvalue weighted by molar-refractivity contribution is -0.121. The first kappa shape index (κ1) is 16.8. The number of carbonyl (C=O) groups is 2. The molecule has 1 aromatic rings. The summed E-state index contributed by atoms with van der Waals surface area (Å²) in [6.45, 7) is 4.30. The maximum Gasteiger partial charge on any atom is 0.409 e. The van der Waals surface area contributed by atoms with E-state index in [1.807, 2.05) is 12.3 Å². The zero-order chi connectivity index (χ0) is 16.8. The summed E-state index contributed by atoms with van der Waals surface area (Å²) in [5.74, 6) is 0.338. The molecule has 24 heavy (non-hydrogen) atoms. The molecule has 0 saturated carbocycles. The summed E-state index contributed by atoms with van der Waals surface area (Å²) >= 11 is 0. The Balaban J connectivity index is 1.40. The minimum absolute atomic E-state index is 0.100. The van der Waals surface area contributed by atoms with E-state index in [1.165, 1.54) is 0 Å². The predicted octanol–water partition coefficient (Wildman–Crippen LogP) is 0.309. The Labute approximate surface area is 141 Å². The van der Waals surface area contributed by atoms with E-state index in [-0.39, 0.29) is 18.5 Å². The zero-order valence-corrected chi connectivity index (χ0v) is 13.9. The van der Waals surface area contributed by atoms with Crippen molar-refractivity contribution >= 4 is 12.0 Å². The fourth-order valence-electron chi connectivity index (χ4n) is 3.12. The minimum atomic E-state index is -0.298. The second-order valence-electron chi connectivity index (χ2n) is 6.29. The number of nitrogens with one attached hydrogen (secondary N) is 2. The first-order valence-electron chi connectivity index (χ1n) is 8.65. The van der Waals surface area contributed by atoms with Crippen LogP contribution in [0.4, 0.5) is 4.79 Å². The number of hydrogen-bond acceptors (Lipinski definition) is 5. The molecule has 0 radical (unpaired) electrons. The lowest BCUT2D eigenvalue weighted by Gasteiger charge is -2.26. The molecule has 0 spiro atoms. The summed E-state index contributed by atoms with van der Waals surface area (Å²) in [5.41, 5.74) is 1.05. The van der Waals surface area contributed by atoms with Crippen LogP contribution < -0.4 is 10.6 Å². The molecule has 1 atom stereocenters. The molecule has 2 fully saturated rings. The number of piperidine rings is 1. The van der Waals surface area contributed by atoms with Gasteiger partial charge in [-0.3, -0.25) is 9.48 Å². The van der Waals surface area contributed by atoms with Crippen molar-refractivity contribution in [1.29, 1.82) is 0 Å². The first-order valence-corrected chi connectivity index (χ1v) is 8.65. The monoisotopic (exact) mass is 335 g/mol. The molecule has 0 aliphatic carbocycles. The van der Waals surface area contributed by atoms with Crippen molar-refractivity contribution in [1.82, 2.24) is 25.3 Å². The fourth-order valence-corrected chi connectivity index (χ4v) is 3.12. The maximum absolute atomic E-state index is 12.0. The van der Waals surface area contributed by atoms with Crippen molar-refractivity contribution in [2.45, 2.75) is 31.7 Å². The molecule has 0 bridgehead atoms. The van der Waals surface area contributed by atoms with Gasteiger partial charge in [0.05, 0.1) is 12.3 Å². The lowest BCUT2D eigenvalue weighted by Crippen LogP contribution is -2.43. The van der Waals surface area contributed by atoms with Crippen LogP contribution in [0.1, 0.15) is 30.9 Å². The molecule has 8 heteroatoms. The highest BCUT2D eigenvalue weighted by Gasteiger charge is 2.20. The van der Waals surface area contributed by atoms with Gasteiger partial charge in [-0.15, -0.1) is 0 Å². The van der Waals surface area contributed by atoms with E-state index in [9.17, 15) is 9.59 Å². The molecule has 2 N–H and O–H groups in total. The molecular formula is C16H25N5O3. The van der Waals surface area contributed by atoms with Crippen LogP contribution >= 0.6 is 0 Å². The molecule has 1 aromatic heterocycles. The van der Waals surface area contributed by atoms with E-state index in [0.717, 1.165) is 38.0 Å². The van der Waals surface area contributed by atoms with Gasteiger partial charge in [0, 0.05) is 38.3 Å². The predicted molar refractivity (Wildman–Crippen MR) is 87.6 cm³/mol. The van der Waals surface area contributed by atoms with Gasteiger partial charge in [-0.05, 0) is 31.9 Å². The van der Waals surface area contributed by atoms with Crippen LogP contribution in [-0.4, -0.2) is 66.0 Å². The van der Waals surface area contributed by atoms with Gasteiger partial charge >= 0.3 is 6.09 Å². The first-order chi connectivity index (χ1) is 11.7. The molecule has 2 amide bonds. The van der Waals surface area contributed by atoms with Gasteiger partial charge in [0.2, 0.25) is 5.91 Å². The standard InChI is InChI=1S/C16H25N5O3/c22-15(18-6-9-20-7-2-10-24-16(20)23)12-21-8-4-14(19-21)13-3-1-5-17-11-13/h4,8,13,17H,1-3,5-7,9-12H2,(H,18,22)/t13-/m0/s1. The van der Waals surface area contributed by atoms with E-state index in [4.69, 9.17) is 4.74 Å². The number of rotatable bonds is 6. The molecule has 3 rings (SSSR count). The van der Waals surface area contributed by atoms with Crippen LogP contribution in [-0.2, 0) is 16.1 Å². The van der Waals surface area contributed by atoms with Gasteiger partial charge < -0.3 is 20.3 Å². The summed E-state index contributed by atoms with van der Waals surface area (Å²) in [4.78, 5) is 25.1. The Morgan fingerprint density at radius 1 is 1.46 bits per heavy atom. The quantitative estimate of drug-likeness (QED) is 0.781. The van der Waals surface area contributed by atoms with E-state index >= 15 is 0 Å². The van der Waals surface area contributed by atoms with Crippen molar-refractivity contribution in [2.24, 2.45) is 0 Å². The van der Waals surface area contributed by atoms with E-state index in [1.54, 1.807) is 9.58 Å². The number of hydrogen-bond donors (Lipinski definition) is 2. The van der Waals surface area contributed by atoms with Gasteiger partial charge in [0.1, 0.15) is 6.54 Å². The summed E-state index contributed by atoms with van der Waals surface area (Å²) in [7, 11) is 0. The molecular weight excluding hydrogens is 310 g/mol. The Morgan fingerprint density at radius 2 is 2.38 bits per heavy atom. The van der Waals surface area contributed by atoms with Gasteiger partial charge in [-0.2, -0.15) is 5.10 Å². The summed E-state index contributed by atoms with van der Waals surface area (Å²) < 4.78 is 6.63. The smallest absolute Gasteiger partial charge is 0.409 e. The molecule has 0 unspecified atom stereocenters. The lowest BCUT2D eigenvalue weighted by atomic mass is 9.97. The molecule has 8 nitrogen and oxygen atoms in total. The number of aromatic nitrogens is 2. The fraction of sp³-hybridized carbons (Fsp3) is 0.688. The van der Waals surface area contributed by atoms with Crippen molar-refractivity contribution in [2.75, 3.05) is 39.3 Å². The Morgan fingerprint density at radius 3 is 3.17 bits per heavy atom. The van der Waals surface area contributed by atoms with E-state index in [2.05, 4.69) is 15.7 Å². The van der Waals surface area contributed by atoms with Crippen LogP contribution in [0.3, 0.4) is 0 Å². The molecule has 2 saturated heterocycles. The molecule has 2 aliphatic heterocycles. The third kappa shape index (κ3) is 4.47. The van der Waals surface area contributed by atoms with E-state index in [0.29, 0.717) is 32.2 Å². The number of nitrogens with zero attached hydrogens (tertiary/aromatic N) is 3. The average molecular weight is 335 g/mol.